The van der Waals surface area contributed by atoms with Gasteiger partial charge >= 0.3 is 5.97 Å². The van der Waals surface area contributed by atoms with Crippen LogP contribution in [0.4, 0.5) is 5.69 Å². The summed E-state index contributed by atoms with van der Waals surface area (Å²) in [6.07, 6.45) is 9.45. The molecule has 7 heteroatoms. The number of aromatic nitrogens is 1. The van der Waals surface area contributed by atoms with Gasteiger partial charge in [0.15, 0.2) is 0 Å². The van der Waals surface area contributed by atoms with Crippen LogP contribution in [0.3, 0.4) is 0 Å². The van der Waals surface area contributed by atoms with Crippen molar-refractivity contribution in [2.75, 3.05) is 11.9 Å². The lowest BCUT2D eigenvalue weighted by Crippen LogP contribution is -2.36. The van der Waals surface area contributed by atoms with Crippen LogP contribution in [0.15, 0.2) is 30.5 Å². The number of hydrogen-bond acceptors (Lipinski definition) is 5. The van der Waals surface area contributed by atoms with Gasteiger partial charge in [-0.15, -0.1) is 0 Å². The molecule has 2 aliphatic carbocycles. The highest BCUT2D eigenvalue weighted by Gasteiger charge is 2.35. The van der Waals surface area contributed by atoms with E-state index in [0.29, 0.717) is 37.6 Å². The van der Waals surface area contributed by atoms with Gasteiger partial charge in [-0.05, 0) is 74.4 Å². The van der Waals surface area contributed by atoms with Gasteiger partial charge in [0.05, 0.1) is 31.2 Å². The maximum absolute atomic E-state index is 13.1. The third kappa shape index (κ3) is 6.01. The number of nitrogens with one attached hydrogen (secondary N) is 1. The summed E-state index contributed by atoms with van der Waals surface area (Å²) in [6, 6.07) is 7.81. The number of hydrogen-bond donors (Lipinski definition) is 2. The number of amides is 1. The summed E-state index contributed by atoms with van der Waals surface area (Å²) in [5, 5.41) is 12.6. The molecule has 1 aromatic carbocycles. The quantitative estimate of drug-likeness (QED) is 0.475. The van der Waals surface area contributed by atoms with Crippen LogP contribution in [0.5, 0.6) is 5.88 Å². The second-order valence-corrected chi connectivity index (χ2v) is 9.64. The van der Waals surface area contributed by atoms with E-state index in [1.54, 1.807) is 6.20 Å². The van der Waals surface area contributed by atoms with Crippen molar-refractivity contribution >= 4 is 17.6 Å². The minimum Gasteiger partial charge on any atom is -0.481 e. The van der Waals surface area contributed by atoms with Crippen molar-refractivity contribution in [1.82, 2.24) is 4.98 Å². The highest BCUT2D eigenvalue weighted by atomic mass is 16.5. The lowest BCUT2D eigenvalue weighted by atomic mass is 9.78. The fourth-order valence-corrected chi connectivity index (χ4v) is 5.38. The fraction of sp³-hybridized carbons (Fsp3) is 0.536. The molecule has 2 atom stereocenters. The van der Waals surface area contributed by atoms with Crippen LogP contribution in [0, 0.1) is 18.8 Å². The lowest BCUT2D eigenvalue weighted by Gasteiger charge is -2.27. The van der Waals surface area contributed by atoms with E-state index in [0.717, 1.165) is 47.9 Å². The number of ether oxygens (including phenoxy) is 2. The number of carboxylic acid groups (broad SMARTS) is 1. The molecule has 2 aliphatic rings. The van der Waals surface area contributed by atoms with Gasteiger partial charge in [0.1, 0.15) is 0 Å². The van der Waals surface area contributed by atoms with Crippen molar-refractivity contribution in [3.63, 3.8) is 0 Å². The number of carbonyl (C=O) groups excluding carboxylic acids is 1. The second kappa shape index (κ2) is 11.7. The molecular formula is C28H36N2O5. The molecule has 1 aromatic heterocycles. The molecule has 0 aliphatic heterocycles. The molecule has 0 spiro atoms. The summed E-state index contributed by atoms with van der Waals surface area (Å²) in [7, 11) is 0. The first kappa shape index (κ1) is 25.2. The normalized spacial score (nSPS) is 20.5. The van der Waals surface area contributed by atoms with E-state index >= 15 is 0 Å². The topological polar surface area (TPSA) is 97.8 Å². The zero-order valence-electron chi connectivity index (χ0n) is 20.7. The van der Waals surface area contributed by atoms with Crippen molar-refractivity contribution in [3.05, 3.63) is 41.6 Å². The molecule has 7 nitrogen and oxygen atoms in total. The van der Waals surface area contributed by atoms with Crippen LogP contribution in [0.1, 0.15) is 69.4 Å². The Balaban J connectivity index is 1.61. The number of carboxylic acids is 1. The Labute approximate surface area is 207 Å². The van der Waals surface area contributed by atoms with Gasteiger partial charge in [0.2, 0.25) is 11.8 Å². The third-order valence-corrected chi connectivity index (χ3v) is 7.30. The highest BCUT2D eigenvalue weighted by Crippen LogP contribution is 2.35. The Kier molecular flexibility index (Phi) is 8.39. The third-order valence-electron chi connectivity index (χ3n) is 7.30. The van der Waals surface area contributed by atoms with E-state index in [9.17, 15) is 14.7 Å². The predicted octanol–water partition coefficient (Wildman–Crippen LogP) is 5.74. The zero-order chi connectivity index (χ0) is 24.8. The number of carbonyl (C=O) groups is 2. The molecule has 0 saturated heterocycles. The van der Waals surface area contributed by atoms with Crippen LogP contribution in [-0.4, -0.2) is 34.7 Å². The summed E-state index contributed by atoms with van der Waals surface area (Å²) in [4.78, 5) is 29.1. The molecule has 2 N–H and O–H groups in total. The highest BCUT2D eigenvalue weighted by molar-refractivity contribution is 5.95. The van der Waals surface area contributed by atoms with E-state index < -0.39 is 17.8 Å². The molecule has 1 amide bonds. The summed E-state index contributed by atoms with van der Waals surface area (Å²) in [6.45, 7) is 4.92. The minimum absolute atomic E-state index is 0.216. The van der Waals surface area contributed by atoms with E-state index in [1.165, 1.54) is 12.8 Å². The van der Waals surface area contributed by atoms with Gasteiger partial charge in [-0.25, -0.2) is 4.98 Å². The molecule has 2 fully saturated rings. The molecule has 188 valence electrons. The minimum atomic E-state index is -0.885. The van der Waals surface area contributed by atoms with Gasteiger partial charge in [0, 0.05) is 17.4 Å². The number of anilines is 1. The Morgan fingerprint density at radius 1 is 1.03 bits per heavy atom. The van der Waals surface area contributed by atoms with Crippen LogP contribution in [0.2, 0.25) is 0 Å². The molecule has 2 unspecified atom stereocenters. The monoisotopic (exact) mass is 480 g/mol. The van der Waals surface area contributed by atoms with Crippen molar-refractivity contribution in [2.45, 2.75) is 77.9 Å². The standard InChI is InChI=1S/C28H36N2O5/c1-3-34-27-18(2)22(14-15-29-27)23-13-12-20(16-19(23)17-35-21-8-4-5-9-21)30-26(31)24-10-6-7-11-25(24)28(32)33/h12-16,21,24-25H,3-11,17H2,1-2H3,(H,30,31)(H,32,33). The molecule has 0 bridgehead atoms. The molecule has 35 heavy (non-hydrogen) atoms. The van der Waals surface area contributed by atoms with Gasteiger partial charge < -0.3 is 19.9 Å². The van der Waals surface area contributed by atoms with E-state index in [2.05, 4.69) is 10.3 Å². The van der Waals surface area contributed by atoms with Crippen molar-refractivity contribution in [2.24, 2.45) is 11.8 Å². The molecule has 0 radical (unpaired) electrons. The first-order valence-electron chi connectivity index (χ1n) is 12.8. The lowest BCUT2D eigenvalue weighted by molar-refractivity contribution is -0.147. The number of benzene rings is 1. The average Bonchev–Trinajstić information content (AvgIpc) is 3.38. The van der Waals surface area contributed by atoms with Crippen molar-refractivity contribution in [1.29, 1.82) is 0 Å². The van der Waals surface area contributed by atoms with Gasteiger partial charge in [-0.3, -0.25) is 9.59 Å². The summed E-state index contributed by atoms with van der Waals surface area (Å²) >= 11 is 0. The summed E-state index contributed by atoms with van der Waals surface area (Å²) in [5.41, 5.74) is 4.63. The van der Waals surface area contributed by atoms with Crippen molar-refractivity contribution in [3.8, 4) is 17.0 Å². The second-order valence-electron chi connectivity index (χ2n) is 9.64. The Morgan fingerprint density at radius 3 is 2.46 bits per heavy atom. The zero-order valence-corrected chi connectivity index (χ0v) is 20.7. The Morgan fingerprint density at radius 2 is 1.74 bits per heavy atom. The first-order valence-corrected chi connectivity index (χ1v) is 12.8. The number of nitrogens with zero attached hydrogens (tertiary/aromatic N) is 1. The smallest absolute Gasteiger partial charge is 0.307 e. The molecule has 4 rings (SSSR count). The summed E-state index contributed by atoms with van der Waals surface area (Å²) < 4.78 is 12.0. The first-order chi connectivity index (χ1) is 17.0. The number of aliphatic carboxylic acids is 1. The van der Waals surface area contributed by atoms with Crippen LogP contribution >= 0.6 is 0 Å². The fourth-order valence-electron chi connectivity index (χ4n) is 5.38. The van der Waals surface area contributed by atoms with E-state index in [1.807, 2.05) is 38.1 Å². The van der Waals surface area contributed by atoms with Crippen LogP contribution in [0.25, 0.3) is 11.1 Å². The van der Waals surface area contributed by atoms with Gasteiger partial charge in [-0.1, -0.05) is 31.7 Å². The maximum atomic E-state index is 13.1. The Bertz CT molecular complexity index is 1050. The number of pyridine rings is 1. The maximum Gasteiger partial charge on any atom is 0.307 e. The predicted molar refractivity (Wildman–Crippen MR) is 134 cm³/mol. The average molecular weight is 481 g/mol. The summed E-state index contributed by atoms with van der Waals surface area (Å²) in [5.74, 6) is -1.61. The van der Waals surface area contributed by atoms with Crippen LogP contribution in [-0.2, 0) is 20.9 Å². The van der Waals surface area contributed by atoms with E-state index in [-0.39, 0.29) is 12.0 Å². The van der Waals surface area contributed by atoms with Crippen molar-refractivity contribution < 1.29 is 24.2 Å². The molecule has 2 aromatic rings. The molecule has 2 saturated carbocycles. The SMILES string of the molecule is CCOc1nccc(-c2ccc(NC(=O)C3CCCCC3C(=O)O)cc2COC2CCCC2)c1C. The van der Waals surface area contributed by atoms with Crippen LogP contribution < -0.4 is 10.1 Å². The molecule has 1 heterocycles. The van der Waals surface area contributed by atoms with Gasteiger partial charge in [-0.2, -0.15) is 0 Å². The van der Waals surface area contributed by atoms with E-state index in [4.69, 9.17) is 9.47 Å². The van der Waals surface area contributed by atoms with Gasteiger partial charge in [0.25, 0.3) is 0 Å². The molecular weight excluding hydrogens is 444 g/mol. The Hall–Kier alpha value is -2.93. The number of rotatable bonds is 9. The largest absolute Gasteiger partial charge is 0.481 e.